The number of aromatic nitrogens is 2. The molecule has 2 aliphatic heterocycles. The van der Waals surface area contributed by atoms with Crippen LogP contribution in [-0.2, 0) is 4.79 Å². The second-order valence-electron chi connectivity index (χ2n) is 11.5. The highest BCUT2D eigenvalue weighted by molar-refractivity contribution is 5.82. The number of piperidine rings is 1. The van der Waals surface area contributed by atoms with Crippen LogP contribution >= 0.6 is 0 Å². The lowest BCUT2D eigenvalue weighted by atomic mass is 9.81. The Kier molecular flexibility index (Phi) is 8.23. The van der Waals surface area contributed by atoms with Crippen molar-refractivity contribution in [3.63, 3.8) is 0 Å². The maximum absolute atomic E-state index is 13.4. The molecule has 3 heterocycles. The van der Waals surface area contributed by atoms with Crippen molar-refractivity contribution >= 4 is 5.91 Å². The van der Waals surface area contributed by atoms with Gasteiger partial charge >= 0.3 is 0 Å². The summed E-state index contributed by atoms with van der Waals surface area (Å²) < 4.78 is 0. The molecular formula is C27H46N6O. The topological polar surface area (TPSA) is 93.9 Å². The molecule has 190 valence electrons. The summed E-state index contributed by atoms with van der Waals surface area (Å²) in [5, 5.41) is 14.1. The first-order valence-electron chi connectivity index (χ1n) is 14.2. The number of rotatable bonds is 8. The number of aromatic amines is 1. The lowest BCUT2D eigenvalue weighted by Gasteiger charge is -2.29. The van der Waals surface area contributed by atoms with Crippen LogP contribution in [0.1, 0.15) is 107 Å². The molecule has 2 aliphatic carbocycles. The van der Waals surface area contributed by atoms with E-state index in [1.807, 2.05) is 6.20 Å². The zero-order valence-corrected chi connectivity index (χ0v) is 21.1. The number of hydrogen-bond acceptors (Lipinski definition) is 5. The second kappa shape index (κ2) is 11.5. The lowest BCUT2D eigenvalue weighted by molar-refractivity contribution is -0.123. The highest BCUT2D eigenvalue weighted by atomic mass is 16.2. The molecular weight excluding hydrogens is 424 g/mol. The van der Waals surface area contributed by atoms with Gasteiger partial charge in [-0.15, -0.1) is 0 Å². The van der Waals surface area contributed by atoms with Gasteiger partial charge in [-0.25, -0.2) is 4.98 Å². The minimum Gasteiger partial charge on any atom is -0.345 e. The quantitative estimate of drug-likeness (QED) is 0.401. The van der Waals surface area contributed by atoms with E-state index in [1.165, 1.54) is 76.3 Å². The van der Waals surface area contributed by atoms with Gasteiger partial charge in [-0.05, 0) is 96.2 Å². The van der Waals surface area contributed by atoms with Crippen molar-refractivity contribution in [3.05, 3.63) is 17.7 Å². The Morgan fingerprint density at radius 3 is 2.68 bits per heavy atom. The number of H-pyrrole nitrogens is 1. The highest BCUT2D eigenvalue weighted by Crippen LogP contribution is 2.36. The molecule has 4 fully saturated rings. The Bertz CT molecular complexity index is 768. The van der Waals surface area contributed by atoms with E-state index in [-0.39, 0.29) is 18.0 Å². The summed E-state index contributed by atoms with van der Waals surface area (Å²) in [5.41, 5.74) is 1.26. The van der Waals surface area contributed by atoms with Crippen molar-refractivity contribution < 1.29 is 4.79 Å². The van der Waals surface area contributed by atoms with E-state index in [1.54, 1.807) is 0 Å². The summed E-state index contributed by atoms with van der Waals surface area (Å²) in [6.07, 6.45) is 17.8. The predicted octanol–water partition coefficient (Wildman–Crippen LogP) is 3.51. The molecule has 5 N–H and O–H groups in total. The molecule has 0 aromatic carbocycles. The van der Waals surface area contributed by atoms with Crippen LogP contribution < -0.4 is 21.3 Å². The van der Waals surface area contributed by atoms with Gasteiger partial charge in [0.25, 0.3) is 0 Å². The molecule has 0 bridgehead atoms. The maximum Gasteiger partial charge on any atom is 0.237 e. The Hall–Kier alpha value is -1.44. The fourth-order valence-corrected chi connectivity index (χ4v) is 7.14. The molecule has 2 saturated carbocycles. The third-order valence-electron chi connectivity index (χ3n) is 9.15. The Morgan fingerprint density at radius 1 is 1.09 bits per heavy atom. The van der Waals surface area contributed by atoms with Gasteiger partial charge in [0.1, 0.15) is 5.82 Å². The first-order valence-corrected chi connectivity index (χ1v) is 14.2. The number of hydrogen-bond donors (Lipinski definition) is 5. The number of nitrogens with one attached hydrogen (secondary N) is 5. The van der Waals surface area contributed by atoms with Crippen LogP contribution in [0.2, 0.25) is 0 Å². The van der Waals surface area contributed by atoms with E-state index in [2.05, 4.69) is 33.3 Å². The molecule has 34 heavy (non-hydrogen) atoms. The van der Waals surface area contributed by atoms with Crippen LogP contribution in [0, 0.1) is 11.8 Å². The number of imidazole rings is 1. The largest absolute Gasteiger partial charge is 0.345 e. The van der Waals surface area contributed by atoms with Crippen LogP contribution in [0.15, 0.2) is 6.20 Å². The SMILES string of the molecule is CNCC1CCC(c2cnc([C@H](CC3CCCCN3)NC(=O)C3CC4CCCCC4N3)[nH]2)CC1. The molecule has 5 atom stereocenters. The molecule has 0 radical (unpaired) electrons. The Labute approximate surface area is 205 Å². The fourth-order valence-electron chi connectivity index (χ4n) is 7.14. The molecule has 1 aromatic rings. The Balaban J connectivity index is 1.24. The molecule has 2 saturated heterocycles. The molecule has 7 nitrogen and oxygen atoms in total. The fraction of sp³-hybridized carbons (Fsp3) is 0.852. The zero-order chi connectivity index (χ0) is 23.3. The van der Waals surface area contributed by atoms with Gasteiger partial charge in [0, 0.05) is 29.9 Å². The number of nitrogens with zero attached hydrogens (tertiary/aromatic N) is 1. The third-order valence-corrected chi connectivity index (χ3v) is 9.15. The normalized spacial score (nSPS) is 35.0. The standard InChI is InChI=1S/C27H46N6O/c1-28-16-18-9-11-19(12-10-18)25-17-30-26(32-25)23(15-21-7-4-5-13-29-21)33-27(34)24-14-20-6-2-3-8-22(20)31-24/h17-24,28-29,31H,2-16H2,1H3,(H,30,32)(H,33,34)/t18?,19?,20?,21?,22?,23-,24?/m0/s1. The first kappa shape index (κ1) is 24.3. The minimum absolute atomic E-state index is 0.0493. The van der Waals surface area contributed by atoms with Crippen LogP contribution in [0.5, 0.6) is 0 Å². The average Bonchev–Trinajstić information content (AvgIpc) is 3.53. The molecule has 0 spiro atoms. The minimum atomic E-state index is -0.0538. The van der Waals surface area contributed by atoms with E-state index < -0.39 is 0 Å². The van der Waals surface area contributed by atoms with E-state index in [9.17, 15) is 4.79 Å². The molecule has 1 amide bonds. The van der Waals surface area contributed by atoms with Crippen molar-refractivity contribution in [2.24, 2.45) is 11.8 Å². The van der Waals surface area contributed by atoms with Crippen molar-refractivity contribution in [3.8, 4) is 0 Å². The molecule has 1 aromatic heterocycles. The van der Waals surface area contributed by atoms with Gasteiger partial charge in [0.15, 0.2) is 0 Å². The van der Waals surface area contributed by atoms with Crippen molar-refractivity contribution in [1.82, 2.24) is 31.2 Å². The summed E-state index contributed by atoms with van der Waals surface area (Å²) in [6, 6.07) is 0.883. The van der Waals surface area contributed by atoms with Crippen LogP contribution in [0.25, 0.3) is 0 Å². The van der Waals surface area contributed by atoms with Crippen LogP contribution in [-0.4, -0.2) is 54.1 Å². The molecule has 7 heteroatoms. The maximum atomic E-state index is 13.4. The zero-order valence-electron chi connectivity index (χ0n) is 21.1. The second-order valence-corrected chi connectivity index (χ2v) is 11.5. The van der Waals surface area contributed by atoms with Gasteiger partial charge in [0.2, 0.25) is 5.91 Å². The summed E-state index contributed by atoms with van der Waals surface area (Å²) >= 11 is 0. The molecule has 4 aliphatic rings. The summed E-state index contributed by atoms with van der Waals surface area (Å²) in [5.74, 6) is 3.16. The average molecular weight is 471 g/mol. The summed E-state index contributed by atoms with van der Waals surface area (Å²) in [7, 11) is 2.05. The smallest absolute Gasteiger partial charge is 0.237 e. The van der Waals surface area contributed by atoms with Gasteiger partial charge < -0.3 is 26.3 Å². The third kappa shape index (κ3) is 5.85. The number of carbonyl (C=O) groups excluding carboxylic acids is 1. The monoisotopic (exact) mass is 470 g/mol. The molecule has 5 rings (SSSR count). The Morgan fingerprint density at radius 2 is 1.91 bits per heavy atom. The van der Waals surface area contributed by atoms with E-state index in [0.717, 1.165) is 37.7 Å². The molecule has 4 unspecified atom stereocenters. The highest BCUT2D eigenvalue weighted by Gasteiger charge is 2.39. The first-order chi connectivity index (χ1) is 16.7. The number of amides is 1. The van der Waals surface area contributed by atoms with E-state index >= 15 is 0 Å². The van der Waals surface area contributed by atoms with Crippen molar-refractivity contribution in [2.45, 2.75) is 114 Å². The van der Waals surface area contributed by atoms with Gasteiger partial charge in [-0.2, -0.15) is 0 Å². The van der Waals surface area contributed by atoms with Gasteiger partial charge in [-0.3, -0.25) is 4.79 Å². The number of fused-ring (bicyclic) bond motifs is 1. The van der Waals surface area contributed by atoms with Gasteiger partial charge in [0.05, 0.1) is 12.1 Å². The van der Waals surface area contributed by atoms with Crippen LogP contribution in [0.4, 0.5) is 0 Å². The van der Waals surface area contributed by atoms with E-state index in [4.69, 9.17) is 4.98 Å². The summed E-state index contributed by atoms with van der Waals surface area (Å²) in [4.78, 5) is 21.9. The van der Waals surface area contributed by atoms with Crippen LogP contribution in [0.3, 0.4) is 0 Å². The van der Waals surface area contributed by atoms with Crippen molar-refractivity contribution in [1.29, 1.82) is 0 Å². The van der Waals surface area contributed by atoms with E-state index in [0.29, 0.717) is 23.9 Å². The van der Waals surface area contributed by atoms with Crippen molar-refractivity contribution in [2.75, 3.05) is 20.1 Å². The van der Waals surface area contributed by atoms with Gasteiger partial charge in [-0.1, -0.05) is 19.3 Å². The summed E-state index contributed by atoms with van der Waals surface area (Å²) in [6.45, 7) is 2.21. The number of carbonyl (C=O) groups is 1. The lowest BCUT2D eigenvalue weighted by Crippen LogP contribution is -2.46. The predicted molar refractivity (Wildman–Crippen MR) is 136 cm³/mol.